The van der Waals surface area contributed by atoms with Crippen LogP contribution in [0.15, 0.2) is 18.2 Å². The molecule has 1 rings (SSSR count). The van der Waals surface area contributed by atoms with Crippen molar-refractivity contribution >= 4 is 5.69 Å². The van der Waals surface area contributed by atoms with E-state index in [-0.39, 0.29) is 6.61 Å². The van der Waals surface area contributed by atoms with Gasteiger partial charge < -0.3 is 10.0 Å². The van der Waals surface area contributed by atoms with Crippen LogP contribution in [0.25, 0.3) is 0 Å². The summed E-state index contributed by atoms with van der Waals surface area (Å²) in [6.45, 7) is 5.66. The highest BCUT2D eigenvalue weighted by Crippen LogP contribution is 2.22. The lowest BCUT2D eigenvalue weighted by molar-refractivity contribution is 0.282. The summed E-state index contributed by atoms with van der Waals surface area (Å²) in [7, 11) is 0. The van der Waals surface area contributed by atoms with Gasteiger partial charge in [-0.25, -0.2) is 0 Å². The van der Waals surface area contributed by atoms with Crippen molar-refractivity contribution in [1.82, 2.24) is 0 Å². The molecule has 0 fully saturated rings. The van der Waals surface area contributed by atoms with E-state index in [1.165, 1.54) is 0 Å². The van der Waals surface area contributed by atoms with Crippen molar-refractivity contribution in [1.29, 1.82) is 5.26 Å². The number of aliphatic hydroxyl groups is 1. The molecule has 0 unspecified atom stereocenters. The second-order valence-corrected chi connectivity index (χ2v) is 3.78. The first-order chi connectivity index (χ1) is 7.72. The standard InChI is InChI=1S/C13H18N2O/c1-3-15(8-4-7-14)13-6-5-11(2)9-12(13)10-16/h5-6,9,16H,3-4,8,10H2,1-2H3. The molecule has 1 aromatic rings. The van der Waals surface area contributed by atoms with Crippen LogP contribution in [0.1, 0.15) is 24.5 Å². The summed E-state index contributed by atoms with van der Waals surface area (Å²) in [6, 6.07) is 8.18. The molecule has 1 aromatic carbocycles. The first kappa shape index (κ1) is 12.5. The Balaban J connectivity index is 2.95. The molecule has 0 aliphatic carbocycles. The van der Waals surface area contributed by atoms with Crippen LogP contribution in [0.5, 0.6) is 0 Å². The number of benzene rings is 1. The van der Waals surface area contributed by atoms with Crippen molar-refractivity contribution in [3.05, 3.63) is 29.3 Å². The minimum Gasteiger partial charge on any atom is -0.392 e. The van der Waals surface area contributed by atoms with Crippen LogP contribution in [0, 0.1) is 18.3 Å². The van der Waals surface area contributed by atoms with Crippen LogP contribution >= 0.6 is 0 Å². The van der Waals surface area contributed by atoms with Crippen LogP contribution in [0.2, 0.25) is 0 Å². The average Bonchev–Trinajstić information content (AvgIpc) is 2.31. The number of hydrogen-bond acceptors (Lipinski definition) is 3. The molecule has 0 radical (unpaired) electrons. The van der Waals surface area contributed by atoms with Gasteiger partial charge in [-0.2, -0.15) is 5.26 Å². The van der Waals surface area contributed by atoms with Crippen LogP contribution in [0.4, 0.5) is 5.69 Å². The third-order valence-corrected chi connectivity index (χ3v) is 2.62. The van der Waals surface area contributed by atoms with Gasteiger partial charge in [-0.1, -0.05) is 17.7 Å². The summed E-state index contributed by atoms with van der Waals surface area (Å²) in [4.78, 5) is 2.12. The number of hydrogen-bond donors (Lipinski definition) is 1. The van der Waals surface area contributed by atoms with Crippen LogP contribution < -0.4 is 4.90 Å². The van der Waals surface area contributed by atoms with Gasteiger partial charge in [-0.05, 0) is 19.9 Å². The highest BCUT2D eigenvalue weighted by molar-refractivity contribution is 5.54. The third kappa shape index (κ3) is 2.98. The minimum atomic E-state index is 0.0417. The minimum absolute atomic E-state index is 0.0417. The van der Waals surface area contributed by atoms with Gasteiger partial charge in [0, 0.05) is 24.3 Å². The molecule has 0 atom stereocenters. The number of nitrogens with zero attached hydrogens (tertiary/aromatic N) is 2. The van der Waals surface area contributed by atoms with Gasteiger partial charge in [0.15, 0.2) is 0 Å². The molecule has 0 aliphatic rings. The van der Waals surface area contributed by atoms with Gasteiger partial charge >= 0.3 is 0 Å². The Morgan fingerprint density at radius 1 is 1.44 bits per heavy atom. The van der Waals surface area contributed by atoms with Crippen LogP contribution in [-0.4, -0.2) is 18.2 Å². The maximum Gasteiger partial charge on any atom is 0.0702 e. The fourth-order valence-electron chi connectivity index (χ4n) is 1.78. The van der Waals surface area contributed by atoms with E-state index >= 15 is 0 Å². The van der Waals surface area contributed by atoms with E-state index in [2.05, 4.69) is 17.9 Å². The summed E-state index contributed by atoms with van der Waals surface area (Å²) in [5, 5.41) is 17.9. The Bertz CT molecular complexity index is 382. The zero-order valence-corrected chi connectivity index (χ0v) is 9.90. The Morgan fingerprint density at radius 3 is 2.75 bits per heavy atom. The third-order valence-electron chi connectivity index (χ3n) is 2.62. The molecule has 0 aromatic heterocycles. The summed E-state index contributed by atoms with van der Waals surface area (Å²) in [5.74, 6) is 0. The van der Waals surface area contributed by atoms with Crippen molar-refractivity contribution in [2.24, 2.45) is 0 Å². The lowest BCUT2D eigenvalue weighted by atomic mass is 10.1. The number of aliphatic hydroxyl groups excluding tert-OH is 1. The van der Waals surface area contributed by atoms with Gasteiger partial charge in [-0.3, -0.25) is 0 Å². The van der Waals surface area contributed by atoms with E-state index in [9.17, 15) is 5.11 Å². The Hall–Kier alpha value is -1.53. The highest BCUT2D eigenvalue weighted by Gasteiger charge is 2.08. The van der Waals surface area contributed by atoms with Crippen molar-refractivity contribution in [2.45, 2.75) is 26.9 Å². The van der Waals surface area contributed by atoms with E-state index in [0.29, 0.717) is 13.0 Å². The molecule has 0 amide bonds. The van der Waals surface area contributed by atoms with Gasteiger partial charge in [0.2, 0.25) is 0 Å². The summed E-state index contributed by atoms with van der Waals surface area (Å²) >= 11 is 0. The molecule has 0 saturated carbocycles. The van der Waals surface area contributed by atoms with Crippen molar-refractivity contribution in [3.8, 4) is 6.07 Å². The van der Waals surface area contributed by atoms with Crippen molar-refractivity contribution in [2.75, 3.05) is 18.0 Å². The fourth-order valence-corrected chi connectivity index (χ4v) is 1.78. The molecule has 3 heteroatoms. The van der Waals surface area contributed by atoms with Gasteiger partial charge in [0.1, 0.15) is 0 Å². The number of nitriles is 1. The smallest absolute Gasteiger partial charge is 0.0702 e. The zero-order valence-electron chi connectivity index (χ0n) is 9.90. The number of rotatable bonds is 5. The highest BCUT2D eigenvalue weighted by atomic mass is 16.3. The molecule has 3 nitrogen and oxygen atoms in total. The van der Waals surface area contributed by atoms with Gasteiger partial charge in [0.25, 0.3) is 0 Å². The topological polar surface area (TPSA) is 47.3 Å². The molecule has 0 aliphatic heterocycles. The molecule has 0 spiro atoms. The molecular formula is C13H18N2O. The average molecular weight is 218 g/mol. The molecule has 0 heterocycles. The number of anilines is 1. The molecule has 86 valence electrons. The van der Waals surface area contributed by atoms with Crippen molar-refractivity contribution in [3.63, 3.8) is 0 Å². The lowest BCUT2D eigenvalue weighted by Gasteiger charge is -2.24. The maximum atomic E-state index is 9.32. The van der Waals surface area contributed by atoms with E-state index < -0.39 is 0 Å². The Morgan fingerprint density at radius 2 is 2.19 bits per heavy atom. The largest absolute Gasteiger partial charge is 0.392 e. The van der Waals surface area contributed by atoms with E-state index in [4.69, 9.17) is 5.26 Å². The maximum absolute atomic E-state index is 9.32. The van der Waals surface area contributed by atoms with E-state index in [1.807, 2.05) is 25.1 Å². The monoisotopic (exact) mass is 218 g/mol. The molecule has 0 saturated heterocycles. The van der Waals surface area contributed by atoms with Crippen molar-refractivity contribution < 1.29 is 5.11 Å². The predicted molar refractivity (Wildman–Crippen MR) is 65.2 cm³/mol. The SMILES string of the molecule is CCN(CCC#N)c1ccc(C)cc1CO. The molecule has 1 N–H and O–H groups in total. The Labute approximate surface area is 96.9 Å². The quantitative estimate of drug-likeness (QED) is 0.824. The zero-order chi connectivity index (χ0) is 12.0. The first-order valence-corrected chi connectivity index (χ1v) is 5.55. The summed E-state index contributed by atoms with van der Waals surface area (Å²) in [5.41, 5.74) is 3.11. The van der Waals surface area contributed by atoms with Gasteiger partial charge in [0.05, 0.1) is 19.1 Å². The molecule has 0 bridgehead atoms. The van der Waals surface area contributed by atoms with Crippen LogP contribution in [0.3, 0.4) is 0 Å². The lowest BCUT2D eigenvalue weighted by Crippen LogP contribution is -2.24. The second kappa shape index (κ2) is 6.14. The molecular weight excluding hydrogens is 200 g/mol. The summed E-state index contributed by atoms with van der Waals surface area (Å²) < 4.78 is 0. The summed E-state index contributed by atoms with van der Waals surface area (Å²) in [6.07, 6.45) is 0.507. The van der Waals surface area contributed by atoms with E-state index in [1.54, 1.807) is 0 Å². The van der Waals surface area contributed by atoms with Gasteiger partial charge in [-0.15, -0.1) is 0 Å². The molecule has 16 heavy (non-hydrogen) atoms. The predicted octanol–water partition coefficient (Wildman–Crippen LogP) is 2.23. The second-order valence-electron chi connectivity index (χ2n) is 3.78. The fraction of sp³-hybridized carbons (Fsp3) is 0.462. The Kier molecular flexibility index (Phi) is 4.81. The van der Waals surface area contributed by atoms with Crippen LogP contribution in [-0.2, 0) is 6.61 Å². The first-order valence-electron chi connectivity index (χ1n) is 5.55. The van der Waals surface area contributed by atoms with E-state index in [0.717, 1.165) is 23.4 Å². The normalized spacial score (nSPS) is 9.88. The number of aryl methyl sites for hydroxylation is 1.